The van der Waals surface area contributed by atoms with E-state index in [0.29, 0.717) is 13.1 Å². The van der Waals surface area contributed by atoms with Gasteiger partial charge in [-0.2, -0.15) is 0 Å². The van der Waals surface area contributed by atoms with E-state index in [-0.39, 0.29) is 17.7 Å². The molecule has 132 valence electrons. The van der Waals surface area contributed by atoms with Gasteiger partial charge < -0.3 is 10.6 Å². The number of hydrogen-bond acceptors (Lipinski definition) is 2. The van der Waals surface area contributed by atoms with Crippen molar-refractivity contribution in [3.63, 3.8) is 0 Å². The predicted molar refractivity (Wildman–Crippen MR) is 102 cm³/mol. The molecule has 0 saturated heterocycles. The number of benzene rings is 2. The standard InChI is InChI=1S/C11H13NO.C9H10ClNO/c1-3-11(13)12-8-10-7-5-4-6-9(10)2;10-6-9(12)11-7-8-4-2-1-3-5-8/h3-7H,1,8H2,2H3,(H,12,13);1-5H,6-7H2,(H,11,12). The Morgan fingerprint density at radius 3 is 2.24 bits per heavy atom. The van der Waals surface area contributed by atoms with Crippen molar-refractivity contribution in [2.45, 2.75) is 20.0 Å². The molecule has 0 aromatic heterocycles. The van der Waals surface area contributed by atoms with Gasteiger partial charge in [0.2, 0.25) is 11.8 Å². The summed E-state index contributed by atoms with van der Waals surface area (Å²) in [6.07, 6.45) is 1.28. The fourth-order valence-electron chi connectivity index (χ4n) is 1.91. The molecule has 5 heteroatoms. The van der Waals surface area contributed by atoms with Gasteiger partial charge in [0.15, 0.2) is 0 Å². The van der Waals surface area contributed by atoms with Crippen LogP contribution < -0.4 is 10.6 Å². The van der Waals surface area contributed by atoms with E-state index in [1.165, 1.54) is 11.6 Å². The van der Waals surface area contributed by atoms with E-state index in [0.717, 1.165) is 11.1 Å². The van der Waals surface area contributed by atoms with Crippen LogP contribution in [0.15, 0.2) is 67.3 Å². The summed E-state index contributed by atoms with van der Waals surface area (Å²) in [5.74, 6) is -0.254. The van der Waals surface area contributed by atoms with Crippen LogP contribution in [-0.2, 0) is 22.7 Å². The van der Waals surface area contributed by atoms with E-state index in [1.807, 2.05) is 61.5 Å². The molecular formula is C20H23ClN2O2. The average molecular weight is 359 g/mol. The molecule has 0 heterocycles. The Balaban J connectivity index is 0.000000251. The van der Waals surface area contributed by atoms with Crippen molar-refractivity contribution in [1.82, 2.24) is 10.6 Å². The molecule has 0 atom stereocenters. The maximum Gasteiger partial charge on any atom is 0.243 e. The predicted octanol–water partition coefficient (Wildman–Crippen LogP) is 3.34. The van der Waals surface area contributed by atoms with Crippen molar-refractivity contribution in [2.24, 2.45) is 0 Å². The van der Waals surface area contributed by atoms with E-state index in [1.54, 1.807) is 0 Å². The van der Waals surface area contributed by atoms with Crippen LogP contribution >= 0.6 is 11.6 Å². The van der Waals surface area contributed by atoms with E-state index in [9.17, 15) is 9.59 Å². The Kier molecular flexibility index (Phi) is 9.71. The molecule has 0 aliphatic heterocycles. The van der Waals surface area contributed by atoms with Crippen LogP contribution in [0.5, 0.6) is 0 Å². The molecule has 25 heavy (non-hydrogen) atoms. The second kappa shape index (κ2) is 11.9. The number of amides is 2. The molecule has 0 spiro atoms. The molecule has 0 radical (unpaired) electrons. The molecule has 0 fully saturated rings. The van der Waals surface area contributed by atoms with Crippen LogP contribution in [0.25, 0.3) is 0 Å². The fourth-order valence-corrected chi connectivity index (χ4v) is 2.00. The van der Waals surface area contributed by atoms with E-state index in [4.69, 9.17) is 11.6 Å². The van der Waals surface area contributed by atoms with Crippen LogP contribution in [-0.4, -0.2) is 17.7 Å². The number of nitrogens with one attached hydrogen (secondary N) is 2. The largest absolute Gasteiger partial charge is 0.351 e. The minimum Gasteiger partial charge on any atom is -0.351 e. The summed E-state index contributed by atoms with van der Waals surface area (Å²) in [5, 5.41) is 5.41. The first-order valence-corrected chi connectivity index (χ1v) is 8.41. The van der Waals surface area contributed by atoms with Gasteiger partial charge in [0.05, 0.1) is 0 Å². The van der Waals surface area contributed by atoms with Crippen LogP contribution in [0.4, 0.5) is 0 Å². The molecular weight excluding hydrogens is 336 g/mol. The van der Waals surface area contributed by atoms with Crippen molar-refractivity contribution < 1.29 is 9.59 Å². The Morgan fingerprint density at radius 2 is 1.64 bits per heavy atom. The number of carbonyl (C=O) groups excluding carboxylic acids is 2. The van der Waals surface area contributed by atoms with Crippen molar-refractivity contribution in [1.29, 1.82) is 0 Å². The lowest BCUT2D eigenvalue weighted by atomic mass is 10.1. The summed E-state index contributed by atoms with van der Waals surface area (Å²) in [4.78, 5) is 21.6. The summed E-state index contributed by atoms with van der Waals surface area (Å²) in [7, 11) is 0. The number of halogens is 1. The van der Waals surface area contributed by atoms with Crippen molar-refractivity contribution in [2.75, 3.05) is 5.88 Å². The lowest BCUT2D eigenvalue weighted by molar-refractivity contribution is -0.119. The summed E-state index contributed by atoms with van der Waals surface area (Å²) < 4.78 is 0. The fraction of sp³-hybridized carbons (Fsp3) is 0.200. The normalized spacial score (nSPS) is 9.36. The first-order chi connectivity index (χ1) is 12.1. The highest BCUT2D eigenvalue weighted by Crippen LogP contribution is 2.05. The highest BCUT2D eigenvalue weighted by Gasteiger charge is 1.98. The third-order valence-corrected chi connectivity index (χ3v) is 3.60. The van der Waals surface area contributed by atoms with Gasteiger partial charge in [0.25, 0.3) is 0 Å². The summed E-state index contributed by atoms with van der Waals surface area (Å²) in [6, 6.07) is 17.7. The summed E-state index contributed by atoms with van der Waals surface area (Å²) in [5.41, 5.74) is 3.40. The van der Waals surface area contributed by atoms with Gasteiger partial charge in [-0.05, 0) is 29.7 Å². The molecule has 2 aromatic carbocycles. The van der Waals surface area contributed by atoms with Gasteiger partial charge in [-0.1, -0.05) is 61.2 Å². The van der Waals surface area contributed by atoms with Crippen LogP contribution in [0.2, 0.25) is 0 Å². The van der Waals surface area contributed by atoms with Crippen LogP contribution in [0.1, 0.15) is 16.7 Å². The van der Waals surface area contributed by atoms with Crippen molar-refractivity contribution in [3.05, 3.63) is 83.9 Å². The monoisotopic (exact) mass is 358 g/mol. The average Bonchev–Trinajstić information content (AvgIpc) is 2.66. The molecule has 2 rings (SSSR count). The highest BCUT2D eigenvalue weighted by atomic mass is 35.5. The SMILES string of the molecule is C=CC(=O)NCc1ccccc1C.O=C(CCl)NCc1ccccc1. The molecule has 0 bridgehead atoms. The van der Waals surface area contributed by atoms with E-state index in [2.05, 4.69) is 17.2 Å². The zero-order chi connectivity index (χ0) is 18.5. The zero-order valence-electron chi connectivity index (χ0n) is 14.3. The van der Waals surface area contributed by atoms with E-state index < -0.39 is 0 Å². The Morgan fingerprint density at radius 1 is 1.00 bits per heavy atom. The Bertz CT molecular complexity index is 687. The van der Waals surface area contributed by atoms with Crippen molar-refractivity contribution >= 4 is 23.4 Å². The third kappa shape index (κ3) is 8.72. The van der Waals surface area contributed by atoms with Crippen LogP contribution in [0, 0.1) is 6.92 Å². The number of alkyl halides is 1. The maximum atomic E-state index is 10.9. The lowest BCUT2D eigenvalue weighted by Crippen LogP contribution is -2.23. The quantitative estimate of drug-likeness (QED) is 0.614. The number of hydrogen-bond donors (Lipinski definition) is 2. The first kappa shape index (κ1) is 20.5. The molecule has 0 aliphatic carbocycles. The second-order valence-corrected chi connectivity index (χ2v) is 5.51. The number of aryl methyl sites for hydroxylation is 1. The molecule has 2 N–H and O–H groups in total. The van der Waals surface area contributed by atoms with Gasteiger partial charge in [-0.3, -0.25) is 9.59 Å². The van der Waals surface area contributed by atoms with Gasteiger partial charge in [0.1, 0.15) is 5.88 Å². The number of rotatable bonds is 6. The second-order valence-electron chi connectivity index (χ2n) is 5.24. The first-order valence-electron chi connectivity index (χ1n) is 7.88. The summed E-state index contributed by atoms with van der Waals surface area (Å²) in [6.45, 7) is 6.52. The van der Waals surface area contributed by atoms with Gasteiger partial charge >= 0.3 is 0 Å². The number of carbonyl (C=O) groups is 2. The zero-order valence-corrected chi connectivity index (χ0v) is 15.1. The molecule has 2 amide bonds. The minimum absolute atomic E-state index is 0.0207. The Labute approximate surface area is 153 Å². The summed E-state index contributed by atoms with van der Waals surface area (Å²) >= 11 is 5.31. The van der Waals surface area contributed by atoms with Gasteiger partial charge in [-0.15, -0.1) is 11.6 Å². The molecule has 0 saturated carbocycles. The van der Waals surface area contributed by atoms with Gasteiger partial charge in [0, 0.05) is 13.1 Å². The van der Waals surface area contributed by atoms with Crippen molar-refractivity contribution in [3.8, 4) is 0 Å². The molecule has 4 nitrogen and oxygen atoms in total. The third-order valence-electron chi connectivity index (χ3n) is 3.35. The minimum atomic E-state index is -0.138. The van der Waals surface area contributed by atoms with Gasteiger partial charge in [-0.25, -0.2) is 0 Å². The smallest absolute Gasteiger partial charge is 0.243 e. The highest BCUT2D eigenvalue weighted by molar-refractivity contribution is 6.27. The Hall–Kier alpha value is -2.59. The van der Waals surface area contributed by atoms with E-state index >= 15 is 0 Å². The molecule has 0 unspecified atom stereocenters. The topological polar surface area (TPSA) is 58.2 Å². The lowest BCUT2D eigenvalue weighted by Gasteiger charge is -2.05. The maximum absolute atomic E-state index is 10.9. The molecule has 0 aliphatic rings. The molecule has 2 aromatic rings. The van der Waals surface area contributed by atoms with Crippen LogP contribution in [0.3, 0.4) is 0 Å².